The van der Waals surface area contributed by atoms with Crippen molar-refractivity contribution in [3.05, 3.63) is 42.2 Å². The van der Waals surface area contributed by atoms with Gasteiger partial charge in [-0.3, -0.25) is 0 Å². The highest BCUT2D eigenvalue weighted by Crippen LogP contribution is 2.40. The highest BCUT2D eigenvalue weighted by Gasteiger charge is 2.44. The lowest BCUT2D eigenvalue weighted by atomic mass is 10.2. The largest absolute Gasteiger partial charge is 0.487 e. The first-order valence-corrected chi connectivity index (χ1v) is 10.7. The van der Waals surface area contributed by atoms with Crippen molar-refractivity contribution in [1.29, 1.82) is 0 Å². The number of alkyl halides is 1. The Morgan fingerprint density at radius 2 is 2.03 bits per heavy atom. The monoisotopic (exact) mass is 442 g/mol. The Morgan fingerprint density at radius 3 is 2.78 bits per heavy atom. The summed E-state index contributed by atoms with van der Waals surface area (Å²) in [7, 11) is 0. The summed E-state index contributed by atoms with van der Waals surface area (Å²) in [5.41, 5.74) is -0.484. The predicted molar refractivity (Wildman–Crippen MR) is 113 cm³/mol. The molecule has 3 aliphatic rings. The summed E-state index contributed by atoms with van der Waals surface area (Å²) < 4.78 is 48.1. The zero-order chi connectivity index (χ0) is 21.9. The van der Waals surface area contributed by atoms with Gasteiger partial charge in [0, 0.05) is 25.2 Å². The lowest BCUT2D eigenvalue weighted by Gasteiger charge is -2.28. The van der Waals surface area contributed by atoms with Crippen molar-refractivity contribution < 1.29 is 17.9 Å². The van der Waals surface area contributed by atoms with Crippen molar-refractivity contribution >= 4 is 28.4 Å². The molecule has 0 radical (unpaired) electrons. The van der Waals surface area contributed by atoms with Crippen molar-refractivity contribution in [2.75, 3.05) is 29.9 Å². The van der Waals surface area contributed by atoms with E-state index >= 15 is 0 Å². The number of benzene rings is 1. The summed E-state index contributed by atoms with van der Waals surface area (Å²) in [6.45, 7) is 1.51. The zero-order valence-electron chi connectivity index (χ0n) is 17.1. The number of hydrogen-bond acceptors (Lipinski definition) is 7. The molecule has 6 rings (SSSR count). The van der Waals surface area contributed by atoms with Crippen molar-refractivity contribution in [1.82, 2.24) is 20.3 Å². The Bertz CT molecular complexity index is 1200. The molecule has 2 N–H and O–H groups in total. The van der Waals surface area contributed by atoms with Crippen molar-refractivity contribution in [2.24, 2.45) is 0 Å². The molecule has 2 bridgehead atoms. The number of fused-ring (bicyclic) bond motifs is 3. The van der Waals surface area contributed by atoms with E-state index in [-0.39, 0.29) is 23.9 Å². The number of nitrogens with zero attached hydrogens (tertiary/aromatic N) is 4. The van der Waals surface area contributed by atoms with Gasteiger partial charge >= 0.3 is 0 Å². The highest BCUT2D eigenvalue weighted by atomic mass is 19.2. The number of ether oxygens (including phenoxy) is 1. The number of aromatic nitrogens is 3. The van der Waals surface area contributed by atoms with Gasteiger partial charge in [0.05, 0.1) is 11.2 Å². The molecule has 0 unspecified atom stereocenters. The molecule has 4 heterocycles. The second kappa shape index (κ2) is 7.19. The van der Waals surface area contributed by atoms with Crippen LogP contribution in [0.5, 0.6) is 5.75 Å². The van der Waals surface area contributed by atoms with Gasteiger partial charge < -0.3 is 20.3 Å². The van der Waals surface area contributed by atoms with Crippen molar-refractivity contribution in [3.8, 4) is 5.75 Å². The van der Waals surface area contributed by atoms with Gasteiger partial charge in [-0.2, -0.15) is 4.39 Å². The third-order valence-corrected chi connectivity index (χ3v) is 6.40. The molecule has 1 aliphatic carbocycles. The molecule has 0 spiro atoms. The molecule has 2 aromatic heterocycles. The van der Waals surface area contributed by atoms with E-state index in [1.807, 2.05) is 12.1 Å². The maximum atomic E-state index is 14.7. The Morgan fingerprint density at radius 1 is 1.16 bits per heavy atom. The van der Waals surface area contributed by atoms with Crippen LogP contribution in [-0.2, 0) is 0 Å². The quantitative estimate of drug-likeness (QED) is 0.606. The molecule has 32 heavy (non-hydrogen) atoms. The number of pyridine rings is 1. The topological polar surface area (TPSA) is 75.2 Å². The first-order chi connectivity index (χ1) is 15.5. The van der Waals surface area contributed by atoms with E-state index in [0.29, 0.717) is 36.0 Å². The maximum Gasteiger partial charge on any atom is 0.202 e. The van der Waals surface area contributed by atoms with E-state index in [1.165, 1.54) is 18.5 Å². The van der Waals surface area contributed by atoms with Gasteiger partial charge in [-0.1, -0.05) is 0 Å². The van der Waals surface area contributed by atoms with Crippen LogP contribution in [-0.4, -0.2) is 52.4 Å². The molecule has 2 saturated heterocycles. The first-order valence-electron chi connectivity index (χ1n) is 10.7. The number of anilines is 3. The molecule has 10 heteroatoms. The Balaban J connectivity index is 1.29. The molecule has 2 aliphatic heterocycles. The molecule has 3 aromatic rings. The fraction of sp³-hybridized carbons (Fsp3) is 0.409. The predicted octanol–water partition coefficient (Wildman–Crippen LogP) is 3.48. The van der Waals surface area contributed by atoms with Crippen LogP contribution in [0, 0.1) is 11.6 Å². The van der Waals surface area contributed by atoms with Crippen molar-refractivity contribution in [3.63, 3.8) is 0 Å². The van der Waals surface area contributed by atoms with Crippen LogP contribution in [0.25, 0.3) is 11.0 Å². The minimum Gasteiger partial charge on any atom is -0.487 e. The summed E-state index contributed by atoms with van der Waals surface area (Å²) in [6, 6.07) is 7.25. The Hall–Kier alpha value is -3.14. The molecule has 166 valence electrons. The van der Waals surface area contributed by atoms with Crippen LogP contribution in [0.3, 0.4) is 0 Å². The fourth-order valence-corrected chi connectivity index (χ4v) is 4.38. The highest BCUT2D eigenvalue weighted by molar-refractivity contribution is 5.88. The minimum atomic E-state index is -1.42. The lowest BCUT2D eigenvalue weighted by molar-refractivity contribution is 0.171. The summed E-state index contributed by atoms with van der Waals surface area (Å²) >= 11 is 0. The molecule has 3 fully saturated rings. The summed E-state index contributed by atoms with van der Waals surface area (Å²) in [6.07, 6.45) is 3.18. The van der Waals surface area contributed by atoms with Gasteiger partial charge in [0.25, 0.3) is 0 Å². The molecular weight excluding hydrogens is 421 g/mol. The average Bonchev–Trinajstić information content (AvgIpc) is 3.20. The Kier molecular flexibility index (Phi) is 4.39. The number of piperazine rings is 1. The van der Waals surface area contributed by atoms with Crippen LogP contribution in [0.15, 0.2) is 30.6 Å². The minimum absolute atomic E-state index is 0.118. The summed E-state index contributed by atoms with van der Waals surface area (Å²) in [5, 5.41) is 6.29. The number of halogens is 3. The average molecular weight is 442 g/mol. The van der Waals surface area contributed by atoms with Gasteiger partial charge in [0.15, 0.2) is 17.4 Å². The second-order valence-corrected chi connectivity index (χ2v) is 8.71. The lowest BCUT2D eigenvalue weighted by Crippen LogP contribution is -2.44. The van der Waals surface area contributed by atoms with E-state index in [1.54, 1.807) is 0 Å². The maximum absolute atomic E-state index is 14.7. The van der Waals surface area contributed by atoms with Gasteiger partial charge in [-0.15, -0.1) is 0 Å². The molecule has 0 amide bonds. The molecular formula is C22H21F3N6O. The number of rotatable bonds is 6. The fourth-order valence-electron chi connectivity index (χ4n) is 4.38. The number of nitrogens with one attached hydrogen (secondary N) is 2. The SMILES string of the molecule is Fc1c(Nc2ncnc3ccc(N4C[C@@H]5C[C@H]4CN5)nc23)ccc(OCC2(F)CC2)c1F. The summed E-state index contributed by atoms with van der Waals surface area (Å²) in [4.78, 5) is 15.4. The van der Waals surface area contributed by atoms with Crippen LogP contribution < -0.4 is 20.3 Å². The summed E-state index contributed by atoms with van der Waals surface area (Å²) in [5.74, 6) is -1.54. The van der Waals surface area contributed by atoms with Crippen LogP contribution in [0.4, 0.5) is 30.5 Å². The standard InChI is InChI=1S/C22H21F3N6O/c23-18-14(1-3-16(19(18)24)32-10-22(25)5-6-22)29-21-20-15(27-11-28-21)2-4-17(30-20)31-9-12-7-13(31)8-26-12/h1-4,11-13,26H,5-10H2,(H,27,28,29)/t12-,13-/m0/s1. The van der Waals surface area contributed by atoms with Crippen LogP contribution in [0.1, 0.15) is 19.3 Å². The van der Waals surface area contributed by atoms with E-state index in [4.69, 9.17) is 9.72 Å². The normalized spacial score (nSPS) is 23.0. The van der Waals surface area contributed by atoms with E-state index in [0.717, 1.165) is 25.3 Å². The number of hydrogen-bond donors (Lipinski definition) is 2. The van der Waals surface area contributed by atoms with E-state index in [9.17, 15) is 13.2 Å². The zero-order valence-corrected chi connectivity index (χ0v) is 17.1. The smallest absolute Gasteiger partial charge is 0.202 e. The van der Waals surface area contributed by atoms with E-state index < -0.39 is 17.3 Å². The third-order valence-electron chi connectivity index (χ3n) is 6.40. The van der Waals surface area contributed by atoms with Crippen LogP contribution in [0.2, 0.25) is 0 Å². The molecule has 2 atom stereocenters. The van der Waals surface area contributed by atoms with Crippen molar-refractivity contribution in [2.45, 2.75) is 37.0 Å². The van der Waals surface area contributed by atoms with E-state index in [2.05, 4.69) is 25.5 Å². The first kappa shape index (κ1) is 19.5. The molecule has 1 aromatic carbocycles. The molecule has 7 nitrogen and oxygen atoms in total. The van der Waals surface area contributed by atoms with Gasteiger partial charge in [-0.25, -0.2) is 23.7 Å². The van der Waals surface area contributed by atoms with Gasteiger partial charge in [0.1, 0.15) is 29.9 Å². The van der Waals surface area contributed by atoms with Crippen LogP contribution >= 0.6 is 0 Å². The molecule has 1 saturated carbocycles. The Labute approximate surface area is 182 Å². The third kappa shape index (κ3) is 3.38. The van der Waals surface area contributed by atoms with Gasteiger partial charge in [0.2, 0.25) is 5.82 Å². The van der Waals surface area contributed by atoms with Gasteiger partial charge in [-0.05, 0) is 43.5 Å². The second-order valence-electron chi connectivity index (χ2n) is 8.71.